The first-order valence-corrected chi connectivity index (χ1v) is 10.2. The fourth-order valence-electron chi connectivity index (χ4n) is 3.18. The largest absolute Gasteiger partial charge is 0.416 e. The van der Waals surface area contributed by atoms with Crippen LogP contribution in [0.1, 0.15) is 26.5 Å². The number of carbonyl (C=O) groups excluding carboxylic acids is 2. The lowest BCUT2D eigenvalue weighted by Crippen LogP contribution is -2.50. The Morgan fingerprint density at radius 1 is 0.968 bits per heavy atom. The summed E-state index contributed by atoms with van der Waals surface area (Å²) in [5, 5.41) is 1.88. The first-order valence-electron chi connectivity index (χ1n) is 9.30. The van der Waals surface area contributed by atoms with Crippen molar-refractivity contribution in [3.05, 3.63) is 65.2 Å². The van der Waals surface area contributed by atoms with Crippen LogP contribution in [0.25, 0.3) is 10.6 Å². The van der Waals surface area contributed by atoms with Gasteiger partial charge in [0, 0.05) is 49.5 Å². The van der Waals surface area contributed by atoms with E-state index in [-0.39, 0.29) is 23.2 Å². The van der Waals surface area contributed by atoms with E-state index in [2.05, 4.69) is 15.0 Å². The Morgan fingerprint density at radius 2 is 1.65 bits per heavy atom. The van der Waals surface area contributed by atoms with Gasteiger partial charge in [-0.2, -0.15) is 13.2 Å². The third kappa shape index (κ3) is 4.55. The molecular formula is C20H16F3N5O2S. The highest BCUT2D eigenvalue weighted by molar-refractivity contribution is 7.13. The summed E-state index contributed by atoms with van der Waals surface area (Å²) in [4.78, 5) is 40.5. The molecule has 4 rings (SSSR count). The number of alkyl halides is 3. The molecule has 1 saturated heterocycles. The summed E-state index contributed by atoms with van der Waals surface area (Å²) in [6.45, 7) is 1.32. The molecule has 160 valence electrons. The van der Waals surface area contributed by atoms with Crippen LogP contribution in [0.5, 0.6) is 0 Å². The molecule has 0 spiro atoms. The zero-order chi connectivity index (χ0) is 22.0. The van der Waals surface area contributed by atoms with Crippen molar-refractivity contribution in [2.45, 2.75) is 6.18 Å². The smallest absolute Gasteiger partial charge is 0.334 e. The summed E-state index contributed by atoms with van der Waals surface area (Å²) in [6, 6.07) is 4.85. The van der Waals surface area contributed by atoms with Crippen LogP contribution in [0, 0.1) is 0 Å². The average Bonchev–Trinajstić information content (AvgIpc) is 3.29. The summed E-state index contributed by atoms with van der Waals surface area (Å²) < 4.78 is 38.8. The lowest BCUT2D eigenvalue weighted by molar-refractivity contribution is -0.137. The summed E-state index contributed by atoms with van der Waals surface area (Å²) in [5.74, 6) is -0.568. The second kappa shape index (κ2) is 8.42. The third-order valence-corrected chi connectivity index (χ3v) is 5.69. The zero-order valence-corrected chi connectivity index (χ0v) is 16.9. The van der Waals surface area contributed by atoms with Gasteiger partial charge < -0.3 is 9.80 Å². The number of hydrogen-bond donors (Lipinski definition) is 0. The van der Waals surface area contributed by atoms with Gasteiger partial charge in [-0.15, -0.1) is 11.3 Å². The lowest BCUT2D eigenvalue weighted by Gasteiger charge is -2.34. The molecule has 0 bridgehead atoms. The van der Waals surface area contributed by atoms with Crippen molar-refractivity contribution in [1.82, 2.24) is 24.8 Å². The fourth-order valence-corrected chi connectivity index (χ4v) is 3.97. The van der Waals surface area contributed by atoms with Crippen LogP contribution >= 0.6 is 11.3 Å². The van der Waals surface area contributed by atoms with Gasteiger partial charge in [0.05, 0.1) is 11.8 Å². The Hall–Kier alpha value is -3.34. The number of nitrogens with zero attached hydrogens (tertiary/aromatic N) is 5. The van der Waals surface area contributed by atoms with Crippen molar-refractivity contribution in [2.24, 2.45) is 0 Å². The summed E-state index contributed by atoms with van der Waals surface area (Å²) in [7, 11) is 0. The highest BCUT2D eigenvalue weighted by Gasteiger charge is 2.31. The number of thiazole rings is 1. The van der Waals surface area contributed by atoms with E-state index in [9.17, 15) is 22.8 Å². The van der Waals surface area contributed by atoms with Crippen molar-refractivity contribution in [3.8, 4) is 10.6 Å². The number of amides is 2. The SMILES string of the molecule is O=C(c1cnccn1)N1CCN(C(=O)c2csc(-c3cccc(C(F)(F)F)c3)n2)CC1. The van der Waals surface area contributed by atoms with Crippen LogP contribution in [0.2, 0.25) is 0 Å². The van der Waals surface area contributed by atoms with Crippen molar-refractivity contribution in [3.63, 3.8) is 0 Å². The standard InChI is InChI=1S/C20H16F3N5O2S/c21-20(22,23)14-3-1-2-13(10-14)17-26-16(12-31-17)19(30)28-8-6-27(7-9-28)18(29)15-11-24-4-5-25-15/h1-5,10-12H,6-9H2. The van der Waals surface area contributed by atoms with Gasteiger partial charge in [0.15, 0.2) is 0 Å². The van der Waals surface area contributed by atoms with Crippen molar-refractivity contribution < 1.29 is 22.8 Å². The van der Waals surface area contributed by atoms with E-state index < -0.39 is 11.7 Å². The molecule has 1 aliphatic heterocycles. The molecule has 1 aliphatic rings. The van der Waals surface area contributed by atoms with Crippen molar-refractivity contribution in [2.75, 3.05) is 26.2 Å². The quantitative estimate of drug-likeness (QED) is 0.616. The van der Waals surface area contributed by atoms with Gasteiger partial charge in [-0.05, 0) is 12.1 Å². The number of benzene rings is 1. The molecule has 0 radical (unpaired) electrons. The maximum atomic E-state index is 12.9. The molecule has 0 N–H and O–H groups in total. The molecule has 3 heterocycles. The van der Waals surface area contributed by atoms with Gasteiger partial charge in [-0.3, -0.25) is 14.6 Å². The number of aromatic nitrogens is 3. The molecule has 2 aromatic heterocycles. The molecule has 3 aromatic rings. The Morgan fingerprint density at radius 3 is 2.26 bits per heavy atom. The van der Waals surface area contributed by atoms with Crippen molar-refractivity contribution in [1.29, 1.82) is 0 Å². The van der Waals surface area contributed by atoms with E-state index >= 15 is 0 Å². The van der Waals surface area contributed by atoms with Crippen LogP contribution < -0.4 is 0 Å². The molecule has 1 fully saturated rings. The number of halogens is 3. The minimum absolute atomic E-state index is 0.172. The summed E-state index contributed by atoms with van der Waals surface area (Å²) in [5.41, 5.74) is -0.0474. The molecule has 0 unspecified atom stereocenters. The Balaban J connectivity index is 1.42. The molecule has 0 saturated carbocycles. The Bertz CT molecular complexity index is 1100. The van der Waals surface area contributed by atoms with E-state index in [4.69, 9.17) is 0 Å². The fraction of sp³-hybridized carbons (Fsp3) is 0.250. The number of rotatable bonds is 3. The van der Waals surface area contributed by atoms with E-state index in [1.54, 1.807) is 9.80 Å². The van der Waals surface area contributed by atoms with Gasteiger partial charge in [0.1, 0.15) is 16.4 Å². The van der Waals surface area contributed by atoms with Gasteiger partial charge in [-0.25, -0.2) is 9.97 Å². The van der Waals surface area contributed by atoms with Crippen LogP contribution in [0.3, 0.4) is 0 Å². The Labute approximate surface area is 179 Å². The number of piperazine rings is 1. The van der Waals surface area contributed by atoms with Crippen LogP contribution in [-0.2, 0) is 6.18 Å². The molecule has 0 aliphatic carbocycles. The van der Waals surface area contributed by atoms with Gasteiger partial charge in [-0.1, -0.05) is 12.1 Å². The van der Waals surface area contributed by atoms with Crippen LogP contribution in [0.4, 0.5) is 13.2 Å². The zero-order valence-electron chi connectivity index (χ0n) is 16.0. The molecule has 2 amide bonds. The monoisotopic (exact) mass is 447 g/mol. The first-order chi connectivity index (χ1) is 14.8. The van der Waals surface area contributed by atoms with E-state index in [1.165, 1.54) is 36.1 Å². The minimum atomic E-state index is -4.45. The van der Waals surface area contributed by atoms with E-state index in [0.29, 0.717) is 36.8 Å². The second-order valence-electron chi connectivity index (χ2n) is 6.79. The molecule has 31 heavy (non-hydrogen) atoms. The van der Waals surface area contributed by atoms with Gasteiger partial charge in [0.25, 0.3) is 11.8 Å². The highest BCUT2D eigenvalue weighted by atomic mass is 32.1. The maximum Gasteiger partial charge on any atom is 0.416 e. The lowest BCUT2D eigenvalue weighted by atomic mass is 10.1. The molecular weight excluding hydrogens is 431 g/mol. The maximum absolute atomic E-state index is 12.9. The van der Waals surface area contributed by atoms with Crippen LogP contribution in [0.15, 0.2) is 48.2 Å². The molecule has 1 aromatic carbocycles. The second-order valence-corrected chi connectivity index (χ2v) is 7.65. The number of carbonyl (C=O) groups is 2. The summed E-state index contributed by atoms with van der Waals surface area (Å²) in [6.07, 6.45) is -0.134. The average molecular weight is 447 g/mol. The Kier molecular flexibility index (Phi) is 5.68. The topological polar surface area (TPSA) is 79.3 Å². The number of hydrogen-bond acceptors (Lipinski definition) is 6. The summed E-state index contributed by atoms with van der Waals surface area (Å²) >= 11 is 1.11. The van der Waals surface area contributed by atoms with Gasteiger partial charge >= 0.3 is 6.18 Å². The van der Waals surface area contributed by atoms with Crippen LogP contribution in [-0.4, -0.2) is 62.7 Å². The normalized spacial score (nSPS) is 14.5. The predicted molar refractivity (Wildman–Crippen MR) is 106 cm³/mol. The van der Waals surface area contributed by atoms with E-state index in [0.717, 1.165) is 23.5 Å². The first kappa shape index (κ1) is 20.9. The third-order valence-electron chi connectivity index (χ3n) is 4.80. The molecule has 11 heteroatoms. The minimum Gasteiger partial charge on any atom is -0.334 e. The molecule has 0 atom stereocenters. The molecule has 7 nitrogen and oxygen atoms in total. The van der Waals surface area contributed by atoms with Gasteiger partial charge in [0.2, 0.25) is 0 Å². The highest BCUT2D eigenvalue weighted by Crippen LogP contribution is 2.33. The van der Waals surface area contributed by atoms with Crippen molar-refractivity contribution >= 4 is 23.2 Å². The van der Waals surface area contributed by atoms with E-state index in [1.807, 2.05) is 0 Å². The predicted octanol–water partition coefficient (Wildman–Crippen LogP) is 3.22.